The SMILES string of the molecule is COC(=O)c1cc(Cl)cc(OC2CCNCC2)c1C. The first-order valence-corrected chi connectivity index (χ1v) is 6.75. The highest BCUT2D eigenvalue weighted by Crippen LogP contribution is 2.29. The molecule has 5 heteroatoms. The highest BCUT2D eigenvalue weighted by atomic mass is 35.5. The Morgan fingerprint density at radius 1 is 1.37 bits per heavy atom. The standard InChI is InChI=1S/C14H18ClNO3/c1-9-12(14(17)18-2)7-10(15)8-13(9)19-11-3-5-16-6-4-11/h7-8,11,16H,3-6H2,1-2H3. The van der Waals surface area contributed by atoms with Gasteiger partial charge in [-0.15, -0.1) is 0 Å². The van der Waals surface area contributed by atoms with Crippen LogP contribution in [-0.2, 0) is 4.74 Å². The predicted octanol–water partition coefficient (Wildman–Crippen LogP) is 2.57. The molecule has 1 aliphatic heterocycles. The molecule has 1 N–H and O–H groups in total. The molecule has 1 saturated heterocycles. The predicted molar refractivity (Wildman–Crippen MR) is 74.0 cm³/mol. The first kappa shape index (κ1) is 14.2. The first-order chi connectivity index (χ1) is 9.11. The summed E-state index contributed by atoms with van der Waals surface area (Å²) in [5, 5.41) is 3.77. The van der Waals surface area contributed by atoms with Crippen molar-refractivity contribution in [3.63, 3.8) is 0 Å². The number of carbonyl (C=O) groups excluding carboxylic acids is 1. The molecule has 19 heavy (non-hydrogen) atoms. The van der Waals surface area contributed by atoms with E-state index in [0.717, 1.165) is 31.5 Å². The highest BCUT2D eigenvalue weighted by Gasteiger charge is 2.19. The maximum Gasteiger partial charge on any atom is 0.338 e. The molecular formula is C14H18ClNO3. The topological polar surface area (TPSA) is 47.6 Å². The van der Waals surface area contributed by atoms with Crippen LogP contribution in [0, 0.1) is 6.92 Å². The Labute approximate surface area is 118 Å². The van der Waals surface area contributed by atoms with Crippen LogP contribution < -0.4 is 10.1 Å². The van der Waals surface area contributed by atoms with Gasteiger partial charge in [0.1, 0.15) is 11.9 Å². The Balaban J connectivity index is 2.24. The summed E-state index contributed by atoms with van der Waals surface area (Å²) >= 11 is 6.04. The Morgan fingerprint density at radius 3 is 2.68 bits per heavy atom. The Morgan fingerprint density at radius 2 is 2.05 bits per heavy atom. The number of benzene rings is 1. The molecule has 2 rings (SSSR count). The van der Waals surface area contributed by atoms with Crippen LogP contribution in [0.25, 0.3) is 0 Å². The molecule has 1 aromatic rings. The summed E-state index contributed by atoms with van der Waals surface area (Å²) in [7, 11) is 1.36. The van der Waals surface area contributed by atoms with Crippen molar-refractivity contribution in [3.8, 4) is 5.75 Å². The Hall–Kier alpha value is -1.26. The zero-order valence-electron chi connectivity index (χ0n) is 11.2. The molecule has 0 amide bonds. The van der Waals surface area contributed by atoms with E-state index >= 15 is 0 Å². The lowest BCUT2D eigenvalue weighted by Gasteiger charge is -2.25. The normalized spacial score (nSPS) is 16.2. The smallest absolute Gasteiger partial charge is 0.338 e. The molecule has 1 aromatic carbocycles. The van der Waals surface area contributed by atoms with Gasteiger partial charge in [0.15, 0.2) is 0 Å². The quantitative estimate of drug-likeness (QED) is 0.866. The number of carbonyl (C=O) groups is 1. The maximum absolute atomic E-state index is 11.7. The summed E-state index contributed by atoms with van der Waals surface area (Å²) in [4.78, 5) is 11.7. The number of nitrogens with one attached hydrogen (secondary N) is 1. The second-order valence-electron chi connectivity index (χ2n) is 4.64. The fraction of sp³-hybridized carbons (Fsp3) is 0.500. The van der Waals surface area contributed by atoms with Gasteiger partial charge in [0, 0.05) is 10.6 Å². The van der Waals surface area contributed by atoms with Gasteiger partial charge in [-0.1, -0.05) is 11.6 Å². The van der Waals surface area contributed by atoms with Gasteiger partial charge in [0.2, 0.25) is 0 Å². The summed E-state index contributed by atoms with van der Waals surface area (Å²) in [5.41, 5.74) is 1.23. The van der Waals surface area contributed by atoms with Crippen molar-refractivity contribution in [1.82, 2.24) is 5.32 Å². The lowest BCUT2D eigenvalue weighted by Crippen LogP contribution is -2.34. The van der Waals surface area contributed by atoms with Crippen molar-refractivity contribution in [2.24, 2.45) is 0 Å². The molecule has 0 saturated carbocycles. The summed E-state index contributed by atoms with van der Waals surface area (Å²) in [6, 6.07) is 3.36. The van der Waals surface area contributed by atoms with E-state index in [4.69, 9.17) is 21.1 Å². The van der Waals surface area contributed by atoms with Crippen molar-refractivity contribution in [2.75, 3.05) is 20.2 Å². The van der Waals surface area contributed by atoms with E-state index in [1.807, 2.05) is 6.92 Å². The third-order valence-electron chi connectivity index (χ3n) is 3.31. The fourth-order valence-corrected chi connectivity index (χ4v) is 2.40. The molecule has 104 valence electrons. The largest absolute Gasteiger partial charge is 0.490 e. The van der Waals surface area contributed by atoms with E-state index in [1.54, 1.807) is 12.1 Å². The van der Waals surface area contributed by atoms with E-state index in [0.29, 0.717) is 16.3 Å². The molecule has 0 aliphatic carbocycles. The highest BCUT2D eigenvalue weighted by molar-refractivity contribution is 6.31. The number of methoxy groups -OCH3 is 1. The molecule has 0 atom stereocenters. The molecule has 1 fully saturated rings. The lowest BCUT2D eigenvalue weighted by molar-refractivity contribution is 0.0598. The van der Waals surface area contributed by atoms with E-state index in [1.165, 1.54) is 7.11 Å². The van der Waals surface area contributed by atoms with Crippen LogP contribution in [0.3, 0.4) is 0 Å². The minimum Gasteiger partial charge on any atom is -0.490 e. The van der Waals surface area contributed by atoms with Crippen LogP contribution >= 0.6 is 11.6 Å². The first-order valence-electron chi connectivity index (χ1n) is 6.37. The zero-order chi connectivity index (χ0) is 13.8. The van der Waals surface area contributed by atoms with Crippen LogP contribution in [0.1, 0.15) is 28.8 Å². The van der Waals surface area contributed by atoms with E-state index < -0.39 is 5.97 Å². The lowest BCUT2D eigenvalue weighted by atomic mass is 10.1. The van der Waals surface area contributed by atoms with Crippen LogP contribution in [0.15, 0.2) is 12.1 Å². The summed E-state index contributed by atoms with van der Waals surface area (Å²) in [6.07, 6.45) is 2.09. The summed E-state index contributed by atoms with van der Waals surface area (Å²) in [5.74, 6) is 0.273. The third kappa shape index (κ3) is 3.39. The Kier molecular flexibility index (Phi) is 4.66. The number of hydrogen-bond donors (Lipinski definition) is 1. The number of halogens is 1. The van der Waals surface area contributed by atoms with Gasteiger partial charge in [-0.2, -0.15) is 0 Å². The summed E-state index contributed by atoms with van der Waals surface area (Å²) in [6.45, 7) is 3.75. The molecular weight excluding hydrogens is 266 g/mol. The molecule has 0 unspecified atom stereocenters. The average Bonchev–Trinajstić information content (AvgIpc) is 2.42. The average molecular weight is 284 g/mol. The molecule has 1 heterocycles. The number of ether oxygens (including phenoxy) is 2. The van der Waals surface area contributed by atoms with Gasteiger partial charge in [-0.3, -0.25) is 0 Å². The molecule has 0 aromatic heterocycles. The van der Waals surface area contributed by atoms with Gasteiger partial charge < -0.3 is 14.8 Å². The summed E-state index contributed by atoms with van der Waals surface area (Å²) < 4.78 is 10.7. The molecule has 0 bridgehead atoms. The van der Waals surface area contributed by atoms with Gasteiger partial charge in [-0.05, 0) is 45.0 Å². The number of rotatable bonds is 3. The minimum atomic E-state index is -0.393. The van der Waals surface area contributed by atoms with Crippen molar-refractivity contribution in [2.45, 2.75) is 25.9 Å². The number of esters is 1. The van der Waals surface area contributed by atoms with Gasteiger partial charge >= 0.3 is 5.97 Å². The Bertz CT molecular complexity index is 470. The monoisotopic (exact) mass is 283 g/mol. The third-order valence-corrected chi connectivity index (χ3v) is 3.53. The van der Waals surface area contributed by atoms with E-state index in [2.05, 4.69) is 5.32 Å². The maximum atomic E-state index is 11.7. The van der Waals surface area contributed by atoms with Crippen molar-refractivity contribution < 1.29 is 14.3 Å². The van der Waals surface area contributed by atoms with E-state index in [9.17, 15) is 4.79 Å². The number of hydrogen-bond acceptors (Lipinski definition) is 4. The number of piperidine rings is 1. The van der Waals surface area contributed by atoms with Crippen LogP contribution in [-0.4, -0.2) is 32.3 Å². The van der Waals surface area contributed by atoms with Gasteiger partial charge in [0.25, 0.3) is 0 Å². The minimum absolute atomic E-state index is 0.170. The van der Waals surface area contributed by atoms with Crippen molar-refractivity contribution >= 4 is 17.6 Å². The van der Waals surface area contributed by atoms with Gasteiger partial charge in [-0.25, -0.2) is 4.79 Å². The second kappa shape index (κ2) is 6.26. The molecule has 0 spiro atoms. The van der Waals surface area contributed by atoms with Crippen LogP contribution in [0.5, 0.6) is 5.75 Å². The second-order valence-corrected chi connectivity index (χ2v) is 5.07. The van der Waals surface area contributed by atoms with Crippen molar-refractivity contribution in [3.05, 3.63) is 28.3 Å². The fourth-order valence-electron chi connectivity index (χ4n) is 2.19. The van der Waals surface area contributed by atoms with Gasteiger partial charge in [0.05, 0.1) is 12.7 Å². The van der Waals surface area contributed by atoms with E-state index in [-0.39, 0.29) is 6.10 Å². The van der Waals surface area contributed by atoms with Crippen molar-refractivity contribution in [1.29, 1.82) is 0 Å². The van der Waals surface area contributed by atoms with Crippen LogP contribution in [0.4, 0.5) is 0 Å². The molecule has 0 radical (unpaired) electrons. The zero-order valence-corrected chi connectivity index (χ0v) is 11.9. The molecule has 1 aliphatic rings. The molecule has 4 nitrogen and oxygen atoms in total. The van der Waals surface area contributed by atoms with Crippen LogP contribution in [0.2, 0.25) is 5.02 Å².